The number of hydrogen-bond acceptors (Lipinski definition) is 5. The fourth-order valence-electron chi connectivity index (χ4n) is 5.42. The average molecular weight is 461 g/mol. The van der Waals surface area contributed by atoms with Gasteiger partial charge in [0, 0.05) is 32.4 Å². The summed E-state index contributed by atoms with van der Waals surface area (Å²) in [6, 6.07) is 5.51. The van der Waals surface area contributed by atoms with Crippen molar-refractivity contribution >= 4 is 28.7 Å². The van der Waals surface area contributed by atoms with Crippen molar-refractivity contribution in [1.29, 1.82) is 0 Å². The predicted molar refractivity (Wildman–Crippen MR) is 119 cm³/mol. The first-order chi connectivity index (χ1) is 15.9. The van der Waals surface area contributed by atoms with Gasteiger partial charge < -0.3 is 9.42 Å². The summed E-state index contributed by atoms with van der Waals surface area (Å²) in [7, 11) is 0. The third kappa shape index (κ3) is 5.03. The molecule has 178 valence electrons. The van der Waals surface area contributed by atoms with Crippen LogP contribution >= 0.6 is 0 Å². The molecule has 3 aliphatic rings. The van der Waals surface area contributed by atoms with Crippen molar-refractivity contribution in [2.75, 3.05) is 31.1 Å². The highest BCUT2D eigenvalue weighted by atomic mass is 19.3. The molecule has 7 nitrogen and oxygen atoms in total. The van der Waals surface area contributed by atoms with E-state index in [1.165, 1.54) is 10.5 Å². The van der Waals surface area contributed by atoms with Crippen LogP contribution < -0.4 is 10.2 Å². The molecule has 2 saturated heterocycles. The maximum Gasteiger partial charge on any atom is 0.329 e. The minimum absolute atomic E-state index is 0.0386. The Kier molecular flexibility index (Phi) is 6.07. The number of fused-ring (bicyclic) bond motifs is 1. The van der Waals surface area contributed by atoms with Crippen LogP contribution in [-0.2, 0) is 11.2 Å². The van der Waals surface area contributed by atoms with E-state index in [-0.39, 0.29) is 31.7 Å². The van der Waals surface area contributed by atoms with Gasteiger partial charge in [0.15, 0.2) is 11.4 Å². The smallest absolute Gasteiger partial charge is 0.329 e. The molecule has 3 heterocycles. The molecule has 1 saturated carbocycles. The van der Waals surface area contributed by atoms with Gasteiger partial charge in [-0.2, -0.15) is 0 Å². The molecule has 2 aromatic rings. The Balaban J connectivity index is 1.17. The third-order valence-electron chi connectivity index (χ3n) is 7.41. The normalized spacial score (nSPS) is 23.3. The van der Waals surface area contributed by atoms with E-state index < -0.39 is 12.0 Å². The molecular formula is C24H30F2N4O3. The van der Waals surface area contributed by atoms with Crippen LogP contribution in [0.1, 0.15) is 50.5 Å². The first-order valence-electron chi connectivity index (χ1n) is 12.0. The van der Waals surface area contributed by atoms with E-state index in [9.17, 15) is 18.4 Å². The second-order valence-corrected chi connectivity index (χ2v) is 9.84. The number of carbonyl (C=O) groups is 2. The second kappa shape index (κ2) is 9.00. The molecule has 2 aliphatic heterocycles. The molecule has 3 amide bonds. The van der Waals surface area contributed by atoms with Gasteiger partial charge in [-0.3, -0.25) is 15.0 Å². The average Bonchev–Trinajstić information content (AvgIpc) is 3.20. The molecule has 0 atom stereocenters. The van der Waals surface area contributed by atoms with E-state index >= 15 is 0 Å². The van der Waals surface area contributed by atoms with Crippen molar-refractivity contribution in [2.24, 2.45) is 11.8 Å². The third-order valence-corrected chi connectivity index (χ3v) is 7.41. The molecule has 1 aromatic heterocycles. The van der Waals surface area contributed by atoms with Crippen LogP contribution in [0, 0.1) is 11.8 Å². The van der Waals surface area contributed by atoms with Crippen LogP contribution in [0.3, 0.4) is 0 Å². The zero-order valence-electron chi connectivity index (χ0n) is 18.7. The second-order valence-electron chi connectivity index (χ2n) is 9.84. The number of alkyl halides is 2. The lowest BCUT2D eigenvalue weighted by molar-refractivity contribution is -0.120. The molecule has 1 aromatic carbocycles. The molecule has 1 N–H and O–H groups in total. The predicted octanol–water partition coefficient (Wildman–Crippen LogP) is 4.35. The maximum absolute atomic E-state index is 13.4. The van der Waals surface area contributed by atoms with Crippen LogP contribution in [0.15, 0.2) is 22.7 Å². The zero-order valence-corrected chi connectivity index (χ0v) is 18.7. The first-order valence-corrected chi connectivity index (χ1v) is 12.0. The molecule has 5 rings (SSSR count). The van der Waals surface area contributed by atoms with Crippen molar-refractivity contribution in [3.8, 4) is 0 Å². The standard InChI is InChI=1S/C24H30F2N4O3/c25-24(26)8-3-17(4-9-24)15-29-10-5-16(6-11-29)13-18-1-2-20-19(14-18)22(28-33-20)30-12-7-21(31)27-23(30)32/h1-2,14,16-17H,3-13,15H2,(H,27,31,32). The molecule has 1 aliphatic carbocycles. The number of urea groups is 1. The summed E-state index contributed by atoms with van der Waals surface area (Å²) >= 11 is 0. The largest absolute Gasteiger partial charge is 0.354 e. The number of halogens is 2. The van der Waals surface area contributed by atoms with Crippen molar-refractivity contribution in [3.63, 3.8) is 0 Å². The Morgan fingerprint density at radius 3 is 2.55 bits per heavy atom. The molecule has 0 unspecified atom stereocenters. The lowest BCUT2D eigenvalue weighted by atomic mass is 9.85. The lowest BCUT2D eigenvalue weighted by Gasteiger charge is -2.36. The first kappa shape index (κ1) is 22.3. The van der Waals surface area contributed by atoms with Crippen LogP contribution in [0.25, 0.3) is 11.0 Å². The number of benzene rings is 1. The molecule has 33 heavy (non-hydrogen) atoms. The van der Waals surface area contributed by atoms with Crippen molar-refractivity contribution in [3.05, 3.63) is 23.8 Å². The monoisotopic (exact) mass is 460 g/mol. The molecule has 3 fully saturated rings. The number of piperidine rings is 1. The van der Waals surface area contributed by atoms with Gasteiger partial charge in [-0.1, -0.05) is 11.2 Å². The summed E-state index contributed by atoms with van der Waals surface area (Å²) in [5.74, 6) is -1.32. The minimum Gasteiger partial charge on any atom is -0.354 e. The van der Waals surface area contributed by atoms with E-state index in [2.05, 4.69) is 15.4 Å². The van der Waals surface area contributed by atoms with E-state index in [0.717, 1.165) is 44.3 Å². The Morgan fingerprint density at radius 1 is 1.06 bits per heavy atom. The molecule has 9 heteroatoms. The lowest BCUT2D eigenvalue weighted by Crippen LogP contribution is -2.49. The summed E-state index contributed by atoms with van der Waals surface area (Å²) in [6.07, 6.45) is 4.71. The highest BCUT2D eigenvalue weighted by Crippen LogP contribution is 2.37. The van der Waals surface area contributed by atoms with Gasteiger partial charge in [0.1, 0.15) is 0 Å². The van der Waals surface area contributed by atoms with Gasteiger partial charge >= 0.3 is 6.03 Å². The summed E-state index contributed by atoms with van der Waals surface area (Å²) in [5, 5.41) is 7.19. The minimum atomic E-state index is -2.45. The van der Waals surface area contributed by atoms with E-state index in [0.29, 0.717) is 36.1 Å². The molecule has 0 spiro atoms. The van der Waals surface area contributed by atoms with Crippen LogP contribution in [0.2, 0.25) is 0 Å². The molecule has 0 radical (unpaired) electrons. The number of carbonyl (C=O) groups excluding carboxylic acids is 2. The highest BCUT2D eigenvalue weighted by Gasteiger charge is 2.35. The number of hydrogen-bond donors (Lipinski definition) is 1. The summed E-state index contributed by atoms with van der Waals surface area (Å²) in [5.41, 5.74) is 1.79. The quantitative estimate of drug-likeness (QED) is 0.718. The Morgan fingerprint density at radius 2 is 1.82 bits per heavy atom. The summed E-state index contributed by atoms with van der Waals surface area (Å²) in [6.45, 7) is 3.26. The van der Waals surface area contributed by atoms with E-state index in [1.807, 2.05) is 18.2 Å². The Bertz CT molecular complexity index is 1020. The number of anilines is 1. The fraction of sp³-hybridized carbons (Fsp3) is 0.625. The topological polar surface area (TPSA) is 78.7 Å². The highest BCUT2D eigenvalue weighted by molar-refractivity contribution is 6.08. The Labute approximate surface area is 191 Å². The Hall–Kier alpha value is -2.55. The van der Waals surface area contributed by atoms with Crippen molar-refractivity contribution < 1.29 is 22.9 Å². The molecular weight excluding hydrogens is 430 g/mol. The van der Waals surface area contributed by atoms with Crippen molar-refractivity contribution in [1.82, 2.24) is 15.4 Å². The molecule has 0 bridgehead atoms. The van der Waals surface area contributed by atoms with Gasteiger partial charge in [0.2, 0.25) is 11.8 Å². The van der Waals surface area contributed by atoms with Crippen molar-refractivity contribution in [2.45, 2.75) is 57.3 Å². The number of imide groups is 1. The van der Waals surface area contributed by atoms with Gasteiger partial charge in [-0.05, 0) is 74.7 Å². The zero-order chi connectivity index (χ0) is 23.0. The summed E-state index contributed by atoms with van der Waals surface area (Å²) in [4.78, 5) is 27.6. The van der Waals surface area contributed by atoms with Gasteiger partial charge in [0.25, 0.3) is 0 Å². The SMILES string of the molecule is O=C1CCN(c2noc3ccc(CC4CCN(CC5CCC(F)(F)CC5)CC4)cc23)C(=O)N1. The van der Waals surface area contributed by atoms with Crippen LogP contribution in [-0.4, -0.2) is 54.1 Å². The van der Waals surface area contributed by atoms with E-state index in [4.69, 9.17) is 4.52 Å². The van der Waals surface area contributed by atoms with Crippen LogP contribution in [0.5, 0.6) is 0 Å². The van der Waals surface area contributed by atoms with E-state index in [1.54, 1.807) is 0 Å². The van der Waals surface area contributed by atoms with Crippen LogP contribution in [0.4, 0.5) is 19.4 Å². The number of amides is 3. The number of likely N-dealkylation sites (tertiary alicyclic amines) is 1. The number of aromatic nitrogens is 1. The van der Waals surface area contributed by atoms with Gasteiger partial charge in [-0.25, -0.2) is 13.6 Å². The number of nitrogens with zero attached hydrogens (tertiary/aromatic N) is 3. The number of rotatable bonds is 5. The summed E-state index contributed by atoms with van der Waals surface area (Å²) < 4.78 is 32.2. The fourth-order valence-corrected chi connectivity index (χ4v) is 5.42. The number of nitrogens with one attached hydrogen (secondary N) is 1. The van der Waals surface area contributed by atoms with Gasteiger partial charge in [0.05, 0.1) is 5.39 Å². The maximum atomic E-state index is 13.4. The van der Waals surface area contributed by atoms with Gasteiger partial charge in [-0.15, -0.1) is 0 Å².